The third-order valence-corrected chi connectivity index (χ3v) is 3.90. The van der Waals surface area contributed by atoms with Crippen LogP contribution in [0.15, 0.2) is 23.1 Å². The van der Waals surface area contributed by atoms with Crippen molar-refractivity contribution >= 4 is 16.0 Å². The molecule has 94 valence electrons. The van der Waals surface area contributed by atoms with Gasteiger partial charge in [-0.15, -0.1) is 0 Å². The molecule has 0 unspecified atom stereocenters. The molecule has 0 saturated carbocycles. The highest BCUT2D eigenvalue weighted by molar-refractivity contribution is 7.89. The Morgan fingerprint density at radius 3 is 2.41 bits per heavy atom. The lowest BCUT2D eigenvalue weighted by atomic mass is 10.1. The standard InChI is InChI=1S/C11H15NO4S/c1-7(2)12-17(15,16)10-6-9(11(13)14)5-4-8(10)3/h4-7,12H,1-3H3,(H,13,14)/p-1. The molecule has 0 heterocycles. The first kappa shape index (κ1) is 13.7. The lowest BCUT2D eigenvalue weighted by Gasteiger charge is -2.13. The van der Waals surface area contributed by atoms with Crippen molar-refractivity contribution < 1.29 is 18.3 Å². The Hall–Kier alpha value is -1.40. The van der Waals surface area contributed by atoms with Crippen LogP contribution in [0, 0.1) is 6.92 Å². The van der Waals surface area contributed by atoms with Crippen LogP contribution in [-0.2, 0) is 10.0 Å². The molecule has 0 atom stereocenters. The van der Waals surface area contributed by atoms with Gasteiger partial charge in [-0.05, 0) is 38.0 Å². The predicted octanol–water partition coefficient (Wildman–Crippen LogP) is 0.0452. The molecular weight excluding hydrogens is 242 g/mol. The number of nitrogens with one attached hydrogen (secondary N) is 1. The van der Waals surface area contributed by atoms with Gasteiger partial charge in [0.1, 0.15) is 0 Å². The molecule has 0 aliphatic rings. The summed E-state index contributed by atoms with van der Waals surface area (Å²) in [7, 11) is -3.69. The summed E-state index contributed by atoms with van der Waals surface area (Å²) in [5.41, 5.74) is 0.336. The third-order valence-electron chi connectivity index (χ3n) is 2.10. The Bertz CT molecular complexity index is 534. The topological polar surface area (TPSA) is 86.3 Å². The minimum absolute atomic E-state index is 0.0344. The first-order valence-electron chi connectivity index (χ1n) is 5.08. The first-order chi connectivity index (χ1) is 7.74. The van der Waals surface area contributed by atoms with Gasteiger partial charge in [0.15, 0.2) is 0 Å². The molecule has 0 aromatic heterocycles. The highest BCUT2D eigenvalue weighted by atomic mass is 32.2. The van der Waals surface area contributed by atoms with E-state index in [1.807, 2.05) is 0 Å². The first-order valence-corrected chi connectivity index (χ1v) is 6.56. The van der Waals surface area contributed by atoms with Crippen LogP contribution in [0.3, 0.4) is 0 Å². The number of benzene rings is 1. The van der Waals surface area contributed by atoms with Gasteiger partial charge in [-0.2, -0.15) is 0 Å². The van der Waals surface area contributed by atoms with Crippen LogP contribution >= 0.6 is 0 Å². The van der Waals surface area contributed by atoms with Crippen molar-refractivity contribution in [3.8, 4) is 0 Å². The Morgan fingerprint density at radius 2 is 1.94 bits per heavy atom. The molecule has 0 spiro atoms. The van der Waals surface area contributed by atoms with Gasteiger partial charge < -0.3 is 9.90 Å². The zero-order chi connectivity index (χ0) is 13.2. The second-order valence-corrected chi connectivity index (χ2v) is 5.73. The molecule has 0 fully saturated rings. The van der Waals surface area contributed by atoms with Crippen molar-refractivity contribution in [2.24, 2.45) is 0 Å². The summed E-state index contributed by atoms with van der Waals surface area (Å²) >= 11 is 0. The van der Waals surface area contributed by atoms with Gasteiger partial charge in [-0.1, -0.05) is 12.1 Å². The fraction of sp³-hybridized carbons (Fsp3) is 0.364. The van der Waals surface area contributed by atoms with Gasteiger partial charge in [-0.25, -0.2) is 13.1 Å². The van der Waals surface area contributed by atoms with Crippen LogP contribution < -0.4 is 9.83 Å². The summed E-state index contributed by atoms with van der Waals surface area (Å²) in [5.74, 6) is -1.40. The molecule has 1 aromatic rings. The van der Waals surface area contributed by atoms with Crippen molar-refractivity contribution in [2.45, 2.75) is 31.7 Å². The van der Waals surface area contributed by atoms with Crippen LogP contribution in [0.4, 0.5) is 0 Å². The molecule has 5 nitrogen and oxygen atoms in total. The van der Waals surface area contributed by atoms with E-state index < -0.39 is 16.0 Å². The molecule has 1 N–H and O–H groups in total. The van der Waals surface area contributed by atoms with Gasteiger partial charge in [-0.3, -0.25) is 0 Å². The number of aromatic carboxylic acids is 1. The maximum Gasteiger partial charge on any atom is 0.241 e. The smallest absolute Gasteiger partial charge is 0.241 e. The summed E-state index contributed by atoms with van der Waals surface area (Å²) in [4.78, 5) is 10.7. The van der Waals surface area contributed by atoms with Gasteiger partial charge in [0.25, 0.3) is 0 Å². The van der Waals surface area contributed by atoms with Crippen LogP contribution in [0.5, 0.6) is 0 Å². The zero-order valence-corrected chi connectivity index (χ0v) is 10.7. The Kier molecular flexibility index (Phi) is 3.90. The predicted molar refractivity (Wildman–Crippen MR) is 61.0 cm³/mol. The average molecular weight is 256 g/mol. The molecule has 0 aliphatic heterocycles. The van der Waals surface area contributed by atoms with Crippen molar-refractivity contribution in [1.82, 2.24) is 4.72 Å². The van der Waals surface area contributed by atoms with Crippen LogP contribution in [0.25, 0.3) is 0 Å². The molecule has 1 rings (SSSR count). The second-order valence-electron chi connectivity index (χ2n) is 4.04. The van der Waals surface area contributed by atoms with Gasteiger partial charge >= 0.3 is 0 Å². The van der Waals surface area contributed by atoms with Crippen molar-refractivity contribution in [1.29, 1.82) is 0 Å². The lowest BCUT2D eigenvalue weighted by molar-refractivity contribution is -0.255. The average Bonchev–Trinajstić information content (AvgIpc) is 2.15. The minimum Gasteiger partial charge on any atom is -0.545 e. The normalized spacial score (nSPS) is 11.8. The van der Waals surface area contributed by atoms with Gasteiger partial charge in [0.05, 0.1) is 10.9 Å². The summed E-state index contributed by atoms with van der Waals surface area (Å²) < 4.78 is 26.2. The monoisotopic (exact) mass is 256 g/mol. The van der Waals surface area contributed by atoms with E-state index in [1.54, 1.807) is 20.8 Å². The number of aryl methyl sites for hydroxylation is 1. The second kappa shape index (κ2) is 4.85. The van der Waals surface area contributed by atoms with E-state index in [0.717, 1.165) is 6.07 Å². The maximum atomic E-state index is 11.9. The summed E-state index contributed by atoms with van der Waals surface area (Å²) in [5, 5.41) is 10.7. The van der Waals surface area contributed by atoms with Crippen molar-refractivity contribution in [2.75, 3.05) is 0 Å². The SMILES string of the molecule is Cc1ccc(C(=O)[O-])cc1S(=O)(=O)NC(C)C. The van der Waals surface area contributed by atoms with E-state index >= 15 is 0 Å². The molecule has 0 radical (unpaired) electrons. The number of hydrogen-bond acceptors (Lipinski definition) is 4. The van der Waals surface area contributed by atoms with Crippen LogP contribution in [0.1, 0.15) is 29.8 Å². The Balaban J connectivity index is 3.30. The van der Waals surface area contributed by atoms with E-state index in [9.17, 15) is 18.3 Å². The number of carboxylic acid groups (broad SMARTS) is 1. The number of carboxylic acids is 1. The summed E-state index contributed by atoms with van der Waals surface area (Å²) in [6, 6.07) is 3.61. The molecule has 0 amide bonds. The van der Waals surface area contributed by atoms with Crippen LogP contribution in [-0.4, -0.2) is 20.4 Å². The number of carbonyl (C=O) groups is 1. The van der Waals surface area contributed by atoms with Gasteiger partial charge in [0.2, 0.25) is 10.0 Å². The fourth-order valence-corrected chi connectivity index (χ4v) is 2.91. The van der Waals surface area contributed by atoms with E-state index in [4.69, 9.17) is 0 Å². The van der Waals surface area contributed by atoms with E-state index in [1.165, 1.54) is 12.1 Å². The van der Waals surface area contributed by atoms with Crippen molar-refractivity contribution in [3.63, 3.8) is 0 Å². The third kappa shape index (κ3) is 3.28. The number of rotatable bonds is 4. The highest BCUT2D eigenvalue weighted by Gasteiger charge is 2.18. The fourth-order valence-electron chi connectivity index (χ4n) is 1.39. The van der Waals surface area contributed by atoms with E-state index in [0.29, 0.717) is 5.56 Å². The maximum absolute atomic E-state index is 11.9. The molecule has 0 bridgehead atoms. The Morgan fingerprint density at radius 1 is 1.35 bits per heavy atom. The molecule has 6 heteroatoms. The van der Waals surface area contributed by atoms with E-state index in [-0.39, 0.29) is 16.5 Å². The zero-order valence-electron chi connectivity index (χ0n) is 9.85. The number of hydrogen-bond donors (Lipinski definition) is 1. The molecular formula is C11H14NO4S-. The van der Waals surface area contributed by atoms with Crippen LogP contribution in [0.2, 0.25) is 0 Å². The van der Waals surface area contributed by atoms with Gasteiger partial charge in [0, 0.05) is 6.04 Å². The van der Waals surface area contributed by atoms with Crippen molar-refractivity contribution in [3.05, 3.63) is 29.3 Å². The number of sulfonamides is 1. The highest BCUT2D eigenvalue weighted by Crippen LogP contribution is 2.17. The molecule has 0 saturated heterocycles. The molecule has 0 aliphatic carbocycles. The minimum atomic E-state index is -3.69. The summed E-state index contributed by atoms with van der Waals surface area (Å²) in [6.07, 6.45) is 0. The molecule has 1 aromatic carbocycles. The number of carbonyl (C=O) groups excluding carboxylic acids is 1. The summed E-state index contributed by atoms with van der Waals surface area (Å²) in [6.45, 7) is 4.99. The largest absolute Gasteiger partial charge is 0.545 e. The lowest BCUT2D eigenvalue weighted by Crippen LogP contribution is -2.31. The Labute approximate surface area is 101 Å². The van der Waals surface area contributed by atoms with E-state index in [2.05, 4.69) is 4.72 Å². The molecule has 17 heavy (non-hydrogen) atoms. The quantitative estimate of drug-likeness (QED) is 0.824.